The van der Waals surface area contributed by atoms with Crippen molar-refractivity contribution >= 4 is 29.6 Å². The van der Waals surface area contributed by atoms with Crippen molar-refractivity contribution in [2.75, 3.05) is 13.1 Å². The Morgan fingerprint density at radius 2 is 1.80 bits per heavy atom. The minimum absolute atomic E-state index is 0.0749. The number of primary amides is 1. The first-order valence-electron chi connectivity index (χ1n) is 17.1. The second kappa shape index (κ2) is 17.3. The molecule has 2 fully saturated rings. The number of aromatic nitrogens is 3. The van der Waals surface area contributed by atoms with Crippen LogP contribution in [0, 0.1) is 5.92 Å². The minimum Gasteiger partial charge on any atom is -0.445 e. The summed E-state index contributed by atoms with van der Waals surface area (Å²) in [5, 5.41) is 24.1. The number of ether oxygens (including phenoxy) is 1. The Bertz CT molecular complexity index is 1440. The maximum atomic E-state index is 13.9. The maximum Gasteiger partial charge on any atom is 0.407 e. The van der Waals surface area contributed by atoms with Crippen molar-refractivity contribution in [1.82, 2.24) is 30.5 Å². The predicted octanol–water partition coefficient (Wildman–Crippen LogP) is 1.58. The monoisotopic (exact) mass is 682 g/mol. The largest absolute Gasteiger partial charge is 0.445 e. The van der Waals surface area contributed by atoms with Gasteiger partial charge in [0.25, 0.3) is 5.91 Å². The first-order chi connectivity index (χ1) is 23.3. The standard InChI is InChI=1S/C34H50N8O7/c1-34(2,48)28-19-38-40-42(28)24-18-27(41(20-24)32(46)25(35)17-22-11-5-3-6-12-22)31(45)39-26(29(43)30(36)44)15-9-10-16-37-33(47)49-21-23-13-7-4-8-14-23/h4,7-8,13-14,19,22,24-27,48H,3,5-6,9-12,15-18,20-21,35H2,1-2H3,(H2,36,44)(H,37,47)(H,39,45)/t24-,25+,26?,27-/m0/s1. The number of alkyl carbamates (subject to hydrolysis) is 1. The zero-order chi connectivity index (χ0) is 35.6. The Morgan fingerprint density at radius 3 is 2.47 bits per heavy atom. The van der Waals surface area contributed by atoms with Gasteiger partial charge >= 0.3 is 6.09 Å². The highest BCUT2D eigenvalue weighted by molar-refractivity contribution is 6.37. The molecule has 0 spiro atoms. The van der Waals surface area contributed by atoms with Gasteiger partial charge in [-0.1, -0.05) is 67.6 Å². The van der Waals surface area contributed by atoms with Crippen molar-refractivity contribution in [3.8, 4) is 0 Å². The number of rotatable bonds is 16. The SMILES string of the molecule is CC(C)(O)c1cnnn1[C@H]1C[C@@H](C(=O)NC(CCCCNC(=O)OCc2ccccc2)C(=O)C(N)=O)N(C(=O)[C@H](N)CC2CCCCC2)C1. The van der Waals surface area contributed by atoms with Crippen molar-refractivity contribution in [3.63, 3.8) is 0 Å². The summed E-state index contributed by atoms with van der Waals surface area (Å²) in [5.41, 5.74) is 11.8. The number of hydrogen-bond acceptors (Lipinski definition) is 10. The van der Waals surface area contributed by atoms with Crippen LogP contribution in [-0.4, -0.2) is 85.8 Å². The fourth-order valence-electron chi connectivity index (χ4n) is 6.68. The molecular weight excluding hydrogens is 632 g/mol. The van der Waals surface area contributed by atoms with Crippen molar-refractivity contribution in [2.24, 2.45) is 17.4 Å². The van der Waals surface area contributed by atoms with Crippen LogP contribution in [0.1, 0.15) is 95.4 Å². The smallest absolute Gasteiger partial charge is 0.407 e. The van der Waals surface area contributed by atoms with E-state index in [-0.39, 0.29) is 38.4 Å². The van der Waals surface area contributed by atoms with E-state index >= 15 is 0 Å². The van der Waals surface area contributed by atoms with Gasteiger partial charge in [-0.2, -0.15) is 0 Å². The molecule has 15 heteroatoms. The Labute approximate surface area is 286 Å². The number of ketones is 1. The molecule has 1 aromatic heterocycles. The average Bonchev–Trinajstić information content (AvgIpc) is 3.75. The van der Waals surface area contributed by atoms with Gasteiger partial charge in [0.2, 0.25) is 17.6 Å². The summed E-state index contributed by atoms with van der Waals surface area (Å²) in [5.74, 6) is -2.86. The number of carbonyl (C=O) groups is 5. The van der Waals surface area contributed by atoms with Gasteiger partial charge in [0.1, 0.15) is 18.2 Å². The van der Waals surface area contributed by atoms with Crippen molar-refractivity contribution < 1.29 is 33.8 Å². The molecule has 2 aliphatic rings. The number of Topliss-reactive ketones (excluding diaryl/α,β-unsaturated/α-hetero) is 1. The number of benzene rings is 1. The number of hydrogen-bond donors (Lipinski definition) is 5. The molecule has 4 atom stereocenters. The number of amides is 4. The Morgan fingerprint density at radius 1 is 1.08 bits per heavy atom. The third kappa shape index (κ3) is 10.6. The Balaban J connectivity index is 1.40. The van der Waals surface area contributed by atoms with Gasteiger partial charge in [0.15, 0.2) is 0 Å². The first-order valence-corrected chi connectivity index (χ1v) is 17.1. The van der Waals surface area contributed by atoms with E-state index in [1.807, 2.05) is 30.3 Å². The summed E-state index contributed by atoms with van der Waals surface area (Å²) in [6.07, 6.45) is 7.69. The first kappa shape index (κ1) is 37.4. The van der Waals surface area contributed by atoms with E-state index in [9.17, 15) is 29.1 Å². The zero-order valence-corrected chi connectivity index (χ0v) is 28.4. The fraction of sp³-hybridized carbons (Fsp3) is 0.618. The van der Waals surface area contributed by atoms with Crippen LogP contribution in [0.25, 0.3) is 0 Å². The van der Waals surface area contributed by atoms with Gasteiger partial charge in [0, 0.05) is 19.5 Å². The van der Waals surface area contributed by atoms with E-state index in [1.165, 1.54) is 22.2 Å². The number of aliphatic hydroxyl groups is 1. The molecule has 15 nitrogen and oxygen atoms in total. The molecule has 1 saturated carbocycles. The number of nitrogens with zero attached hydrogens (tertiary/aromatic N) is 4. The fourth-order valence-corrected chi connectivity index (χ4v) is 6.68. The molecule has 4 rings (SSSR count). The van der Waals surface area contributed by atoms with Gasteiger partial charge in [-0.25, -0.2) is 9.48 Å². The topological polar surface area (TPSA) is 225 Å². The lowest BCUT2D eigenvalue weighted by Crippen LogP contribution is -2.55. The second-order valence-electron chi connectivity index (χ2n) is 13.6. The highest BCUT2D eigenvalue weighted by atomic mass is 16.5. The van der Waals surface area contributed by atoms with E-state index in [0.717, 1.165) is 31.2 Å². The number of nitrogens with two attached hydrogens (primary N) is 2. The molecule has 0 radical (unpaired) electrons. The molecule has 1 saturated heterocycles. The molecular formula is C34H50N8O7. The summed E-state index contributed by atoms with van der Waals surface area (Å²) >= 11 is 0. The van der Waals surface area contributed by atoms with Gasteiger partial charge in [0.05, 0.1) is 30.0 Å². The Hall–Kier alpha value is -4.37. The number of unbranched alkanes of at least 4 members (excludes halogenated alkanes) is 1. The third-order valence-electron chi connectivity index (χ3n) is 9.32. The van der Waals surface area contributed by atoms with Gasteiger partial charge in [-0.3, -0.25) is 19.2 Å². The summed E-state index contributed by atoms with van der Waals surface area (Å²) in [6.45, 7) is 3.63. The van der Waals surface area contributed by atoms with E-state index in [0.29, 0.717) is 30.9 Å². The molecule has 1 aliphatic heterocycles. The second-order valence-corrected chi connectivity index (χ2v) is 13.6. The molecule has 0 bridgehead atoms. The molecule has 2 aromatic rings. The van der Waals surface area contributed by atoms with Crippen molar-refractivity contribution in [1.29, 1.82) is 0 Å². The van der Waals surface area contributed by atoms with Crippen LogP contribution in [0.15, 0.2) is 36.5 Å². The molecule has 268 valence electrons. The number of nitrogens with one attached hydrogen (secondary N) is 2. The van der Waals surface area contributed by atoms with E-state index in [4.69, 9.17) is 16.2 Å². The lowest BCUT2D eigenvalue weighted by atomic mass is 9.84. The molecule has 1 aromatic carbocycles. The van der Waals surface area contributed by atoms with Crippen LogP contribution in [0.2, 0.25) is 0 Å². The molecule has 4 amide bonds. The zero-order valence-electron chi connectivity index (χ0n) is 28.4. The van der Waals surface area contributed by atoms with Gasteiger partial charge < -0.3 is 36.8 Å². The molecule has 2 heterocycles. The van der Waals surface area contributed by atoms with Crippen LogP contribution in [0.3, 0.4) is 0 Å². The number of likely N-dealkylation sites (tertiary alicyclic amines) is 1. The molecule has 49 heavy (non-hydrogen) atoms. The minimum atomic E-state index is -1.29. The van der Waals surface area contributed by atoms with E-state index in [2.05, 4.69) is 20.9 Å². The van der Waals surface area contributed by atoms with Crippen LogP contribution in [-0.2, 0) is 36.1 Å². The van der Waals surface area contributed by atoms with Crippen LogP contribution in [0.5, 0.6) is 0 Å². The van der Waals surface area contributed by atoms with Gasteiger partial charge in [-0.05, 0) is 51.0 Å². The van der Waals surface area contributed by atoms with E-state index in [1.54, 1.807) is 13.8 Å². The summed E-state index contributed by atoms with van der Waals surface area (Å²) < 4.78 is 6.72. The number of carbonyl (C=O) groups excluding carboxylic acids is 5. The van der Waals surface area contributed by atoms with Crippen LogP contribution in [0.4, 0.5) is 4.79 Å². The van der Waals surface area contributed by atoms with Crippen LogP contribution < -0.4 is 22.1 Å². The van der Waals surface area contributed by atoms with Crippen molar-refractivity contribution in [3.05, 3.63) is 47.8 Å². The maximum absolute atomic E-state index is 13.9. The van der Waals surface area contributed by atoms with Crippen LogP contribution >= 0.6 is 0 Å². The highest BCUT2D eigenvalue weighted by Crippen LogP contribution is 2.33. The molecule has 1 unspecified atom stereocenters. The lowest BCUT2D eigenvalue weighted by Gasteiger charge is -2.30. The molecule has 7 N–H and O–H groups in total. The Kier molecular flexibility index (Phi) is 13.2. The van der Waals surface area contributed by atoms with Crippen molar-refractivity contribution in [2.45, 2.75) is 114 Å². The lowest BCUT2D eigenvalue weighted by molar-refractivity contribution is -0.142. The quantitative estimate of drug-likeness (QED) is 0.127. The van der Waals surface area contributed by atoms with E-state index < -0.39 is 53.5 Å². The highest BCUT2D eigenvalue weighted by Gasteiger charge is 2.44. The normalized spacial score (nSPS) is 19.6. The predicted molar refractivity (Wildman–Crippen MR) is 178 cm³/mol. The van der Waals surface area contributed by atoms with Gasteiger partial charge in [-0.15, -0.1) is 5.10 Å². The summed E-state index contributed by atoms with van der Waals surface area (Å²) in [4.78, 5) is 65.9. The summed E-state index contributed by atoms with van der Waals surface area (Å²) in [7, 11) is 0. The average molecular weight is 683 g/mol. The third-order valence-corrected chi connectivity index (χ3v) is 9.32. The summed E-state index contributed by atoms with van der Waals surface area (Å²) in [6, 6.07) is 5.63. The molecule has 1 aliphatic carbocycles.